The van der Waals surface area contributed by atoms with Crippen molar-refractivity contribution >= 4 is 17.2 Å². The minimum Gasteiger partial charge on any atom is -0.346 e. The molecule has 0 unspecified atom stereocenters. The van der Waals surface area contributed by atoms with Crippen LogP contribution in [-0.2, 0) is 7.05 Å². The Morgan fingerprint density at radius 1 is 1.11 bits per heavy atom. The number of aryl methyl sites for hydroxylation is 3. The summed E-state index contributed by atoms with van der Waals surface area (Å²) in [5.74, 6) is -0.0825. The molecule has 2 heterocycles. The molecule has 146 valence electrons. The predicted octanol–water partition coefficient (Wildman–Crippen LogP) is 3.67. The molecule has 2 aromatic rings. The number of carbonyl (C=O) groups is 1. The van der Waals surface area contributed by atoms with Gasteiger partial charge in [-0.2, -0.15) is 5.10 Å². The molecule has 27 heavy (non-hydrogen) atoms. The maximum absolute atomic E-state index is 13.0. The summed E-state index contributed by atoms with van der Waals surface area (Å²) in [5, 5.41) is 8.06. The van der Waals surface area contributed by atoms with Crippen molar-refractivity contribution < 1.29 is 4.79 Å². The Labute approximate surface area is 164 Å². The van der Waals surface area contributed by atoms with Crippen molar-refractivity contribution in [3.63, 3.8) is 0 Å². The molecule has 1 N–H and O–H groups in total. The predicted molar refractivity (Wildman–Crippen MR) is 108 cm³/mol. The number of thiazole rings is 1. The highest BCUT2D eigenvalue weighted by molar-refractivity contribution is 7.17. The summed E-state index contributed by atoms with van der Waals surface area (Å²) in [4.78, 5) is 30.7. The highest BCUT2D eigenvalue weighted by atomic mass is 32.1. The molecule has 0 saturated heterocycles. The van der Waals surface area contributed by atoms with Gasteiger partial charge in [0.25, 0.3) is 11.5 Å². The largest absolute Gasteiger partial charge is 0.346 e. The standard InChI is InChI=1S/C20H28N4O2S/c1-12-13(2)23-24(5)19(26)15(12)18-21-14(3)16(27-18)17(25)22-20(4)10-8-6-7-9-11-20/h6-11H2,1-5H3,(H,22,25). The van der Waals surface area contributed by atoms with Gasteiger partial charge in [-0.1, -0.05) is 25.7 Å². The highest BCUT2D eigenvalue weighted by Gasteiger charge is 2.29. The van der Waals surface area contributed by atoms with E-state index in [2.05, 4.69) is 22.3 Å². The Hall–Kier alpha value is -2.02. The van der Waals surface area contributed by atoms with Crippen LogP contribution in [0.4, 0.5) is 0 Å². The Morgan fingerprint density at radius 3 is 2.37 bits per heavy atom. The van der Waals surface area contributed by atoms with Crippen LogP contribution in [0.15, 0.2) is 4.79 Å². The lowest BCUT2D eigenvalue weighted by Gasteiger charge is -2.29. The van der Waals surface area contributed by atoms with Crippen molar-refractivity contribution in [3.05, 3.63) is 32.2 Å². The van der Waals surface area contributed by atoms with Gasteiger partial charge in [0.05, 0.1) is 17.0 Å². The van der Waals surface area contributed by atoms with Crippen molar-refractivity contribution in [2.45, 2.75) is 71.8 Å². The maximum Gasteiger partial charge on any atom is 0.277 e. The van der Waals surface area contributed by atoms with Gasteiger partial charge in [-0.05, 0) is 46.1 Å². The van der Waals surface area contributed by atoms with Crippen LogP contribution >= 0.6 is 11.3 Å². The molecule has 3 rings (SSSR count). The molecule has 0 atom stereocenters. The van der Waals surface area contributed by atoms with Crippen LogP contribution in [0.5, 0.6) is 0 Å². The van der Waals surface area contributed by atoms with E-state index in [9.17, 15) is 9.59 Å². The minimum absolute atomic E-state index is 0.0825. The average Bonchev–Trinajstić information content (AvgIpc) is 2.84. The first-order valence-corrected chi connectivity index (χ1v) is 10.4. The van der Waals surface area contributed by atoms with Crippen LogP contribution < -0.4 is 10.9 Å². The highest BCUT2D eigenvalue weighted by Crippen LogP contribution is 2.31. The zero-order valence-corrected chi connectivity index (χ0v) is 17.6. The van der Waals surface area contributed by atoms with Gasteiger partial charge in [-0.3, -0.25) is 9.59 Å². The van der Waals surface area contributed by atoms with E-state index in [1.165, 1.54) is 28.9 Å². The monoisotopic (exact) mass is 388 g/mol. The van der Waals surface area contributed by atoms with E-state index >= 15 is 0 Å². The molecule has 0 spiro atoms. The number of nitrogens with one attached hydrogen (secondary N) is 1. The molecule has 1 saturated carbocycles. The quantitative estimate of drug-likeness (QED) is 0.814. The average molecular weight is 389 g/mol. The molecule has 2 aromatic heterocycles. The van der Waals surface area contributed by atoms with Gasteiger partial charge in [0.1, 0.15) is 9.88 Å². The first-order chi connectivity index (χ1) is 12.7. The zero-order valence-electron chi connectivity index (χ0n) is 16.8. The number of aromatic nitrogens is 3. The SMILES string of the molecule is Cc1nc(-c2c(C)c(C)nn(C)c2=O)sc1C(=O)NC1(C)CCCCCC1. The normalized spacial score (nSPS) is 16.8. The number of amides is 1. The van der Waals surface area contributed by atoms with Crippen molar-refractivity contribution in [1.29, 1.82) is 0 Å². The number of nitrogens with zero attached hydrogens (tertiary/aromatic N) is 3. The van der Waals surface area contributed by atoms with E-state index in [-0.39, 0.29) is 17.0 Å². The van der Waals surface area contributed by atoms with Gasteiger partial charge in [-0.25, -0.2) is 9.67 Å². The number of carbonyl (C=O) groups excluding carboxylic acids is 1. The Bertz CT molecular complexity index is 921. The first kappa shape index (κ1) is 19.7. The molecular formula is C20H28N4O2S. The van der Waals surface area contributed by atoms with Crippen molar-refractivity contribution in [2.75, 3.05) is 0 Å². The summed E-state index contributed by atoms with van der Waals surface area (Å²) in [6.07, 6.45) is 6.78. The first-order valence-electron chi connectivity index (χ1n) is 9.57. The second-order valence-electron chi connectivity index (χ2n) is 7.88. The van der Waals surface area contributed by atoms with E-state index in [1.54, 1.807) is 7.05 Å². The van der Waals surface area contributed by atoms with Crippen LogP contribution in [0.1, 0.15) is 72.1 Å². The number of hydrogen-bond acceptors (Lipinski definition) is 5. The third kappa shape index (κ3) is 3.98. The zero-order chi connectivity index (χ0) is 19.8. The fraction of sp³-hybridized carbons (Fsp3) is 0.600. The summed E-state index contributed by atoms with van der Waals surface area (Å²) in [5.41, 5.74) is 2.46. The minimum atomic E-state index is -0.186. The molecule has 1 aliphatic rings. The lowest BCUT2D eigenvalue weighted by atomic mass is 9.92. The topological polar surface area (TPSA) is 76.9 Å². The van der Waals surface area contributed by atoms with E-state index in [0.717, 1.165) is 36.9 Å². The van der Waals surface area contributed by atoms with E-state index in [4.69, 9.17) is 0 Å². The summed E-state index contributed by atoms with van der Waals surface area (Å²) < 4.78 is 1.33. The molecule has 1 fully saturated rings. The molecule has 0 bridgehead atoms. The maximum atomic E-state index is 13.0. The summed E-state index contributed by atoms with van der Waals surface area (Å²) in [7, 11) is 1.64. The fourth-order valence-electron chi connectivity index (χ4n) is 3.78. The van der Waals surface area contributed by atoms with Gasteiger partial charge in [-0.15, -0.1) is 11.3 Å². The molecule has 0 aromatic carbocycles. The second-order valence-corrected chi connectivity index (χ2v) is 8.88. The number of hydrogen-bond donors (Lipinski definition) is 1. The molecule has 6 nitrogen and oxygen atoms in total. The van der Waals surface area contributed by atoms with Gasteiger partial charge in [0, 0.05) is 12.6 Å². The van der Waals surface area contributed by atoms with E-state index in [1.807, 2.05) is 20.8 Å². The number of rotatable bonds is 3. The van der Waals surface area contributed by atoms with Crippen molar-refractivity contribution in [1.82, 2.24) is 20.1 Å². The Balaban J connectivity index is 1.94. The smallest absolute Gasteiger partial charge is 0.277 e. The van der Waals surface area contributed by atoms with Crippen LogP contribution in [-0.4, -0.2) is 26.2 Å². The van der Waals surface area contributed by atoms with Gasteiger partial charge in [0.15, 0.2) is 0 Å². The lowest BCUT2D eigenvalue weighted by Crippen LogP contribution is -2.45. The molecule has 0 aliphatic heterocycles. The van der Waals surface area contributed by atoms with Crippen LogP contribution in [0, 0.1) is 20.8 Å². The summed E-state index contributed by atoms with van der Waals surface area (Å²) in [6.45, 7) is 7.72. The van der Waals surface area contributed by atoms with Crippen LogP contribution in [0.2, 0.25) is 0 Å². The van der Waals surface area contributed by atoms with Crippen molar-refractivity contribution in [2.24, 2.45) is 7.05 Å². The Kier molecular flexibility index (Phi) is 5.51. The molecular weight excluding hydrogens is 360 g/mol. The van der Waals surface area contributed by atoms with Crippen LogP contribution in [0.25, 0.3) is 10.6 Å². The molecule has 1 amide bonds. The molecule has 1 aliphatic carbocycles. The third-order valence-electron chi connectivity index (χ3n) is 5.56. The van der Waals surface area contributed by atoms with Gasteiger partial charge in [0.2, 0.25) is 0 Å². The second kappa shape index (κ2) is 7.54. The fourth-order valence-corrected chi connectivity index (χ4v) is 4.83. The van der Waals surface area contributed by atoms with E-state index in [0.29, 0.717) is 21.1 Å². The van der Waals surface area contributed by atoms with Crippen molar-refractivity contribution in [3.8, 4) is 10.6 Å². The molecule has 0 radical (unpaired) electrons. The summed E-state index contributed by atoms with van der Waals surface area (Å²) >= 11 is 1.29. The lowest BCUT2D eigenvalue weighted by molar-refractivity contribution is 0.0900. The summed E-state index contributed by atoms with van der Waals surface area (Å²) in [6, 6.07) is 0. The third-order valence-corrected chi connectivity index (χ3v) is 6.74. The van der Waals surface area contributed by atoms with E-state index < -0.39 is 0 Å². The molecule has 7 heteroatoms. The van der Waals surface area contributed by atoms with Gasteiger partial charge < -0.3 is 5.32 Å². The van der Waals surface area contributed by atoms with Crippen LogP contribution in [0.3, 0.4) is 0 Å². The van der Waals surface area contributed by atoms with Gasteiger partial charge >= 0.3 is 0 Å². The Morgan fingerprint density at radius 2 is 1.74 bits per heavy atom.